The van der Waals surface area contributed by atoms with Crippen molar-refractivity contribution in [2.24, 2.45) is 0 Å². The highest BCUT2D eigenvalue weighted by Crippen LogP contribution is 2.23. The number of aromatic nitrogens is 1. The molecule has 0 atom stereocenters. The first-order valence-electron chi connectivity index (χ1n) is 7.89. The molecule has 0 saturated carbocycles. The van der Waals surface area contributed by atoms with E-state index in [2.05, 4.69) is 73.1 Å². The summed E-state index contributed by atoms with van der Waals surface area (Å²) in [7, 11) is 0. The zero-order valence-corrected chi connectivity index (χ0v) is 14.4. The number of rotatable bonds is 8. The second-order valence-electron chi connectivity index (χ2n) is 5.15. The molecular formula is C21H23NS. The highest BCUT2D eigenvalue weighted by atomic mass is 32.2. The van der Waals surface area contributed by atoms with Gasteiger partial charge in [0.2, 0.25) is 0 Å². The largest absolute Gasteiger partial charge is 0.265 e. The van der Waals surface area contributed by atoms with Crippen molar-refractivity contribution in [3.8, 4) is 0 Å². The third-order valence-corrected chi connectivity index (χ3v) is 4.52. The van der Waals surface area contributed by atoms with E-state index in [9.17, 15) is 0 Å². The fraction of sp³-hybridized carbons (Fsp3) is 0.190. The molecule has 0 aliphatic rings. The maximum Gasteiger partial charge on any atom is 0.0270 e. The van der Waals surface area contributed by atoms with Crippen LogP contribution in [-0.4, -0.2) is 10.7 Å². The summed E-state index contributed by atoms with van der Waals surface area (Å²) in [4.78, 5) is 5.36. The molecule has 2 heteroatoms. The number of benzene rings is 1. The van der Waals surface area contributed by atoms with E-state index in [0.717, 1.165) is 18.6 Å². The Kier molecular flexibility index (Phi) is 7.41. The predicted molar refractivity (Wildman–Crippen MR) is 103 cm³/mol. The number of allylic oxidation sites excluding steroid dienone is 5. The van der Waals surface area contributed by atoms with Crippen LogP contribution in [0.15, 0.2) is 84.6 Å². The first-order chi connectivity index (χ1) is 11.3. The number of thioether (sulfide) groups is 1. The third-order valence-electron chi connectivity index (χ3n) is 3.51. The summed E-state index contributed by atoms with van der Waals surface area (Å²) in [5.41, 5.74) is 3.85. The Morgan fingerprint density at radius 1 is 1.13 bits per heavy atom. The van der Waals surface area contributed by atoms with Crippen LogP contribution in [0, 0.1) is 0 Å². The van der Waals surface area contributed by atoms with Gasteiger partial charge in [0.15, 0.2) is 0 Å². The van der Waals surface area contributed by atoms with Crippen molar-refractivity contribution in [3.05, 3.63) is 90.8 Å². The molecule has 0 saturated heterocycles. The number of hydrogen-bond acceptors (Lipinski definition) is 2. The van der Waals surface area contributed by atoms with E-state index in [1.165, 1.54) is 21.6 Å². The molecule has 0 radical (unpaired) electrons. The van der Waals surface area contributed by atoms with Gasteiger partial charge in [-0.05, 0) is 60.7 Å². The van der Waals surface area contributed by atoms with Crippen LogP contribution in [0.1, 0.15) is 24.5 Å². The van der Waals surface area contributed by atoms with Gasteiger partial charge in [0, 0.05) is 23.0 Å². The zero-order valence-electron chi connectivity index (χ0n) is 13.6. The van der Waals surface area contributed by atoms with E-state index >= 15 is 0 Å². The van der Waals surface area contributed by atoms with Crippen LogP contribution in [0.2, 0.25) is 0 Å². The molecule has 1 aromatic heterocycles. The van der Waals surface area contributed by atoms with Crippen LogP contribution >= 0.6 is 11.8 Å². The molecule has 1 aromatic carbocycles. The molecule has 0 spiro atoms. The first kappa shape index (κ1) is 17.3. The Morgan fingerprint density at radius 3 is 2.52 bits per heavy atom. The van der Waals surface area contributed by atoms with Crippen molar-refractivity contribution in [2.75, 3.05) is 5.75 Å². The average Bonchev–Trinajstić information content (AvgIpc) is 2.61. The van der Waals surface area contributed by atoms with Gasteiger partial charge in [0.25, 0.3) is 0 Å². The number of aryl methyl sites for hydroxylation is 1. The summed E-state index contributed by atoms with van der Waals surface area (Å²) in [6.07, 6.45) is 14.0. The van der Waals surface area contributed by atoms with Gasteiger partial charge >= 0.3 is 0 Å². The monoisotopic (exact) mass is 321 g/mol. The smallest absolute Gasteiger partial charge is 0.0270 e. The maximum atomic E-state index is 4.05. The molecule has 0 amide bonds. The molecule has 1 heterocycles. The highest BCUT2D eigenvalue weighted by molar-refractivity contribution is 7.99. The van der Waals surface area contributed by atoms with E-state index in [4.69, 9.17) is 0 Å². The quantitative estimate of drug-likeness (QED) is 0.338. The van der Waals surface area contributed by atoms with Crippen molar-refractivity contribution in [2.45, 2.75) is 24.7 Å². The molecule has 0 unspecified atom stereocenters. The topological polar surface area (TPSA) is 12.9 Å². The zero-order chi connectivity index (χ0) is 16.3. The molecule has 118 valence electrons. The van der Waals surface area contributed by atoms with Crippen LogP contribution in [-0.2, 0) is 6.42 Å². The summed E-state index contributed by atoms with van der Waals surface area (Å²) in [5.74, 6) is 1.08. The fourth-order valence-electron chi connectivity index (χ4n) is 2.23. The highest BCUT2D eigenvalue weighted by Gasteiger charge is 1.99. The molecule has 0 aliphatic carbocycles. The molecule has 23 heavy (non-hydrogen) atoms. The van der Waals surface area contributed by atoms with Gasteiger partial charge in [-0.1, -0.05) is 36.4 Å². The molecular weight excluding hydrogens is 298 g/mol. The second kappa shape index (κ2) is 9.86. The van der Waals surface area contributed by atoms with Crippen molar-refractivity contribution >= 4 is 17.3 Å². The van der Waals surface area contributed by atoms with Gasteiger partial charge in [-0.3, -0.25) is 4.98 Å². The summed E-state index contributed by atoms with van der Waals surface area (Å²) in [6, 6.07) is 13.0. The number of hydrogen-bond donors (Lipinski definition) is 0. The van der Waals surface area contributed by atoms with Gasteiger partial charge in [-0.25, -0.2) is 0 Å². The Bertz CT molecular complexity index is 654. The van der Waals surface area contributed by atoms with Gasteiger partial charge in [0.05, 0.1) is 0 Å². The lowest BCUT2D eigenvalue weighted by Crippen LogP contribution is -1.88. The van der Waals surface area contributed by atoms with Crippen molar-refractivity contribution in [3.63, 3.8) is 0 Å². The van der Waals surface area contributed by atoms with Crippen LogP contribution in [0.5, 0.6) is 0 Å². The molecule has 0 fully saturated rings. The Hall–Kier alpha value is -2.06. The van der Waals surface area contributed by atoms with Crippen LogP contribution in [0.3, 0.4) is 0 Å². The lowest BCUT2D eigenvalue weighted by atomic mass is 10.1. The minimum Gasteiger partial charge on any atom is -0.265 e. The minimum atomic E-state index is 0.903. The Balaban J connectivity index is 1.90. The second-order valence-corrected chi connectivity index (χ2v) is 6.32. The minimum absolute atomic E-state index is 0.903. The van der Waals surface area contributed by atoms with Crippen LogP contribution in [0.25, 0.3) is 5.57 Å². The van der Waals surface area contributed by atoms with E-state index in [1.54, 1.807) is 0 Å². The number of pyridine rings is 1. The van der Waals surface area contributed by atoms with E-state index in [1.807, 2.05) is 30.2 Å². The summed E-state index contributed by atoms with van der Waals surface area (Å²) < 4.78 is 0. The number of nitrogens with zero attached hydrogens (tertiary/aromatic N) is 1. The summed E-state index contributed by atoms with van der Waals surface area (Å²) >= 11 is 1.89. The van der Waals surface area contributed by atoms with Crippen LogP contribution < -0.4 is 0 Å². The molecule has 0 aliphatic heterocycles. The van der Waals surface area contributed by atoms with Gasteiger partial charge in [-0.15, -0.1) is 18.3 Å². The van der Waals surface area contributed by atoms with E-state index in [-0.39, 0.29) is 0 Å². The fourth-order valence-corrected chi connectivity index (χ4v) is 3.13. The molecule has 0 N–H and O–H groups in total. The van der Waals surface area contributed by atoms with E-state index in [0.29, 0.717) is 0 Å². The molecule has 0 bridgehead atoms. The normalized spacial score (nSPS) is 11.8. The third kappa shape index (κ3) is 5.91. The Labute approximate surface area is 143 Å². The Morgan fingerprint density at radius 2 is 1.87 bits per heavy atom. The lowest BCUT2D eigenvalue weighted by Gasteiger charge is -2.05. The predicted octanol–water partition coefficient (Wildman–Crippen LogP) is 5.95. The van der Waals surface area contributed by atoms with Gasteiger partial charge in [0.1, 0.15) is 0 Å². The van der Waals surface area contributed by atoms with Gasteiger partial charge in [-0.2, -0.15) is 0 Å². The maximum absolute atomic E-state index is 4.05. The average molecular weight is 321 g/mol. The standard InChI is InChI=1S/C21H23NS/c1-3-5-6-7-19(4-2)20-8-10-21(11-9-20)23-17-14-18-12-15-22-16-13-18/h3-4,6-13,15-16H,1,5,14,17H2,2H3/b7-6-,19-4+. The molecule has 2 rings (SSSR count). The van der Waals surface area contributed by atoms with Gasteiger partial charge < -0.3 is 0 Å². The first-order valence-corrected chi connectivity index (χ1v) is 8.88. The lowest BCUT2D eigenvalue weighted by molar-refractivity contribution is 1.13. The van der Waals surface area contributed by atoms with Crippen molar-refractivity contribution in [1.82, 2.24) is 4.98 Å². The SMILES string of the molecule is C=CC/C=C\C(=C/C)c1ccc(SCCc2ccncc2)cc1. The molecule has 2 aromatic rings. The van der Waals surface area contributed by atoms with Crippen molar-refractivity contribution in [1.29, 1.82) is 0 Å². The van der Waals surface area contributed by atoms with Crippen LogP contribution in [0.4, 0.5) is 0 Å². The summed E-state index contributed by atoms with van der Waals surface area (Å²) in [6.45, 7) is 5.82. The summed E-state index contributed by atoms with van der Waals surface area (Å²) in [5, 5.41) is 0. The molecule has 1 nitrogen and oxygen atoms in total. The van der Waals surface area contributed by atoms with E-state index < -0.39 is 0 Å². The van der Waals surface area contributed by atoms with Crippen molar-refractivity contribution < 1.29 is 0 Å².